The van der Waals surface area contributed by atoms with E-state index in [0.29, 0.717) is 34.1 Å². The largest absolute Gasteiger partial charge is 0.488 e. The van der Waals surface area contributed by atoms with E-state index in [1.165, 1.54) is 0 Å². The normalized spacial score (nSPS) is 12.5. The number of hydrogen-bond donors (Lipinski definition) is 2. The predicted molar refractivity (Wildman–Crippen MR) is 98.0 cm³/mol. The van der Waals surface area contributed by atoms with Crippen LogP contribution in [0.5, 0.6) is 5.75 Å². The van der Waals surface area contributed by atoms with Crippen LogP contribution in [0.1, 0.15) is 22.8 Å². The summed E-state index contributed by atoms with van der Waals surface area (Å²) < 4.78 is 5.59. The third-order valence-corrected chi connectivity index (χ3v) is 3.95. The van der Waals surface area contributed by atoms with Gasteiger partial charge in [0.15, 0.2) is 0 Å². The molecule has 128 valence electrons. The van der Waals surface area contributed by atoms with Gasteiger partial charge < -0.3 is 15.4 Å². The van der Waals surface area contributed by atoms with E-state index in [0.717, 1.165) is 5.56 Å². The third kappa shape index (κ3) is 4.00. The van der Waals surface area contributed by atoms with Crippen molar-refractivity contribution < 1.29 is 14.3 Å². The van der Waals surface area contributed by atoms with Gasteiger partial charge in [-0.05, 0) is 55.5 Å². The molecular formula is C19H17ClN2O3. The van der Waals surface area contributed by atoms with Crippen molar-refractivity contribution in [3.8, 4) is 5.75 Å². The van der Waals surface area contributed by atoms with Crippen molar-refractivity contribution in [1.29, 1.82) is 0 Å². The van der Waals surface area contributed by atoms with E-state index in [2.05, 4.69) is 10.6 Å². The summed E-state index contributed by atoms with van der Waals surface area (Å²) in [7, 11) is 0. The highest BCUT2D eigenvalue weighted by Gasteiger charge is 2.17. The number of nitrogens with one attached hydrogen (secondary N) is 2. The van der Waals surface area contributed by atoms with Crippen LogP contribution in [0.2, 0.25) is 5.02 Å². The first-order valence-electron chi connectivity index (χ1n) is 7.89. The summed E-state index contributed by atoms with van der Waals surface area (Å²) in [5, 5.41) is 6.11. The summed E-state index contributed by atoms with van der Waals surface area (Å²) in [5.41, 5.74) is 2.43. The lowest BCUT2D eigenvalue weighted by atomic mass is 10.1. The van der Waals surface area contributed by atoms with Crippen LogP contribution in [0.3, 0.4) is 0 Å². The standard InChI is InChI=1S/C19H17ClN2O3/c1-2-21-18(23)12-3-6-16(7-4-12)22-19(24)14-9-13-10-15(20)5-8-17(13)25-11-14/h3-10H,2,11H2,1H3,(H,21,23)(H,22,24). The molecule has 25 heavy (non-hydrogen) atoms. The molecule has 6 heteroatoms. The molecule has 3 rings (SSSR count). The molecule has 0 aliphatic carbocycles. The molecule has 5 nitrogen and oxygen atoms in total. The summed E-state index contributed by atoms with van der Waals surface area (Å²) >= 11 is 5.98. The fourth-order valence-electron chi connectivity index (χ4n) is 2.46. The summed E-state index contributed by atoms with van der Waals surface area (Å²) in [5.74, 6) is 0.306. The lowest BCUT2D eigenvalue weighted by Crippen LogP contribution is -2.23. The van der Waals surface area contributed by atoms with E-state index in [-0.39, 0.29) is 18.4 Å². The number of hydrogen-bond acceptors (Lipinski definition) is 3. The Balaban J connectivity index is 1.71. The van der Waals surface area contributed by atoms with Gasteiger partial charge in [-0.15, -0.1) is 0 Å². The van der Waals surface area contributed by atoms with E-state index >= 15 is 0 Å². The molecule has 2 aromatic rings. The fraction of sp³-hybridized carbons (Fsp3) is 0.158. The highest BCUT2D eigenvalue weighted by atomic mass is 35.5. The number of anilines is 1. The quantitative estimate of drug-likeness (QED) is 0.881. The smallest absolute Gasteiger partial charge is 0.255 e. The van der Waals surface area contributed by atoms with Crippen LogP contribution in [0.15, 0.2) is 48.0 Å². The maximum absolute atomic E-state index is 12.4. The predicted octanol–water partition coefficient (Wildman–Crippen LogP) is 3.50. The molecule has 2 amide bonds. The molecule has 0 saturated carbocycles. The Kier molecular flexibility index (Phi) is 5.05. The molecule has 1 aliphatic rings. The summed E-state index contributed by atoms with van der Waals surface area (Å²) in [6, 6.07) is 12.0. The highest BCUT2D eigenvalue weighted by molar-refractivity contribution is 6.30. The molecule has 0 fully saturated rings. The Morgan fingerprint density at radius 2 is 1.88 bits per heavy atom. The number of carbonyl (C=O) groups is 2. The minimum Gasteiger partial charge on any atom is -0.488 e. The van der Waals surface area contributed by atoms with Gasteiger partial charge in [0.1, 0.15) is 12.4 Å². The lowest BCUT2D eigenvalue weighted by molar-refractivity contribution is -0.113. The first kappa shape index (κ1) is 17.0. The Hall–Kier alpha value is -2.79. The zero-order chi connectivity index (χ0) is 17.8. The average molecular weight is 357 g/mol. The monoisotopic (exact) mass is 356 g/mol. The first-order chi connectivity index (χ1) is 12.1. The number of halogens is 1. The molecule has 2 N–H and O–H groups in total. The molecule has 2 aromatic carbocycles. The van der Waals surface area contributed by atoms with Gasteiger partial charge in [0.25, 0.3) is 11.8 Å². The molecule has 0 unspecified atom stereocenters. The maximum Gasteiger partial charge on any atom is 0.255 e. The van der Waals surface area contributed by atoms with Gasteiger partial charge in [0, 0.05) is 28.4 Å². The summed E-state index contributed by atoms with van der Waals surface area (Å²) in [4.78, 5) is 24.1. The minimum atomic E-state index is -0.253. The topological polar surface area (TPSA) is 67.4 Å². The van der Waals surface area contributed by atoms with E-state index in [1.807, 2.05) is 6.92 Å². The Morgan fingerprint density at radius 3 is 2.60 bits per heavy atom. The summed E-state index contributed by atoms with van der Waals surface area (Å²) in [6.45, 7) is 2.62. The SMILES string of the molecule is CCNC(=O)c1ccc(NC(=O)C2=Cc3cc(Cl)ccc3OC2)cc1. The highest BCUT2D eigenvalue weighted by Crippen LogP contribution is 2.29. The second kappa shape index (κ2) is 7.40. The van der Waals surface area contributed by atoms with Crippen LogP contribution in [0.25, 0.3) is 6.08 Å². The fourth-order valence-corrected chi connectivity index (χ4v) is 2.64. The van der Waals surface area contributed by atoms with E-state index in [9.17, 15) is 9.59 Å². The summed E-state index contributed by atoms with van der Waals surface area (Å²) in [6.07, 6.45) is 1.77. The number of benzene rings is 2. The van der Waals surface area contributed by atoms with Crippen molar-refractivity contribution in [3.05, 3.63) is 64.2 Å². The van der Waals surface area contributed by atoms with Gasteiger partial charge in [-0.25, -0.2) is 0 Å². The Bertz CT molecular complexity index is 844. The van der Waals surface area contributed by atoms with Gasteiger partial charge in [-0.1, -0.05) is 11.6 Å². The number of amides is 2. The van der Waals surface area contributed by atoms with Crippen LogP contribution < -0.4 is 15.4 Å². The molecule has 0 aromatic heterocycles. The molecule has 0 bridgehead atoms. The molecule has 1 heterocycles. The van der Waals surface area contributed by atoms with Gasteiger partial charge in [-0.3, -0.25) is 9.59 Å². The number of rotatable bonds is 4. The lowest BCUT2D eigenvalue weighted by Gasteiger charge is -2.18. The van der Waals surface area contributed by atoms with Crippen molar-refractivity contribution >= 4 is 35.2 Å². The van der Waals surface area contributed by atoms with Gasteiger partial charge in [0.05, 0.1) is 5.57 Å². The van der Waals surface area contributed by atoms with Crippen LogP contribution >= 0.6 is 11.6 Å². The van der Waals surface area contributed by atoms with Gasteiger partial charge in [-0.2, -0.15) is 0 Å². The van der Waals surface area contributed by atoms with Gasteiger partial charge >= 0.3 is 0 Å². The number of fused-ring (bicyclic) bond motifs is 1. The van der Waals surface area contributed by atoms with E-state index in [4.69, 9.17) is 16.3 Å². The number of ether oxygens (including phenoxy) is 1. The van der Waals surface area contributed by atoms with E-state index in [1.54, 1.807) is 48.5 Å². The molecule has 0 saturated heterocycles. The Morgan fingerprint density at radius 1 is 1.12 bits per heavy atom. The molecule has 0 spiro atoms. The molecule has 1 aliphatic heterocycles. The minimum absolute atomic E-state index is 0.141. The van der Waals surface area contributed by atoms with Gasteiger partial charge in [0.2, 0.25) is 0 Å². The van der Waals surface area contributed by atoms with Crippen LogP contribution in [0.4, 0.5) is 5.69 Å². The van der Waals surface area contributed by atoms with Crippen molar-refractivity contribution in [2.45, 2.75) is 6.92 Å². The zero-order valence-corrected chi connectivity index (χ0v) is 14.4. The third-order valence-electron chi connectivity index (χ3n) is 3.72. The zero-order valence-electron chi connectivity index (χ0n) is 13.6. The first-order valence-corrected chi connectivity index (χ1v) is 8.27. The number of carbonyl (C=O) groups excluding carboxylic acids is 2. The second-order valence-corrected chi connectivity index (χ2v) is 5.97. The molecular weight excluding hydrogens is 340 g/mol. The van der Waals surface area contributed by atoms with Crippen molar-refractivity contribution in [3.63, 3.8) is 0 Å². The van der Waals surface area contributed by atoms with Crippen molar-refractivity contribution in [2.75, 3.05) is 18.5 Å². The van der Waals surface area contributed by atoms with Crippen LogP contribution in [-0.2, 0) is 4.79 Å². The molecule has 0 atom stereocenters. The van der Waals surface area contributed by atoms with E-state index < -0.39 is 0 Å². The van der Waals surface area contributed by atoms with Crippen molar-refractivity contribution in [1.82, 2.24) is 5.32 Å². The van der Waals surface area contributed by atoms with Crippen molar-refractivity contribution in [2.24, 2.45) is 0 Å². The Labute approximate surface area is 150 Å². The average Bonchev–Trinajstić information content (AvgIpc) is 2.61. The van der Waals surface area contributed by atoms with Crippen LogP contribution in [0, 0.1) is 0 Å². The second-order valence-electron chi connectivity index (χ2n) is 5.53. The molecule has 0 radical (unpaired) electrons. The van der Waals surface area contributed by atoms with Crippen LogP contribution in [-0.4, -0.2) is 25.0 Å². The maximum atomic E-state index is 12.4.